The van der Waals surface area contributed by atoms with E-state index in [0.29, 0.717) is 5.92 Å². The molecule has 2 unspecified atom stereocenters. The van der Waals surface area contributed by atoms with Crippen LogP contribution in [0.3, 0.4) is 0 Å². The number of rotatable bonds is 5. The third kappa shape index (κ3) is 3.61. The first-order valence-electron chi connectivity index (χ1n) is 5.30. The quantitative estimate of drug-likeness (QED) is 0.805. The van der Waals surface area contributed by atoms with E-state index in [0.717, 1.165) is 18.6 Å². The normalized spacial score (nSPS) is 14.9. The number of nitrogens with two attached hydrogens (primary N) is 1. The van der Waals surface area contributed by atoms with Crippen molar-refractivity contribution >= 4 is 0 Å². The van der Waals surface area contributed by atoms with Crippen molar-refractivity contribution in [2.24, 2.45) is 11.7 Å². The van der Waals surface area contributed by atoms with E-state index in [1.165, 1.54) is 5.56 Å². The summed E-state index contributed by atoms with van der Waals surface area (Å²) < 4.78 is 5.10. The number of ether oxygens (including phenoxy) is 1. The average Bonchev–Trinajstić information content (AvgIpc) is 2.18. The summed E-state index contributed by atoms with van der Waals surface area (Å²) in [6.07, 6.45) is 4.59. The first-order chi connectivity index (χ1) is 7.15. The average molecular weight is 208 g/mol. The van der Waals surface area contributed by atoms with Crippen molar-refractivity contribution in [3.05, 3.63) is 29.6 Å². The van der Waals surface area contributed by atoms with Crippen molar-refractivity contribution in [1.29, 1.82) is 0 Å². The molecule has 2 N–H and O–H groups in total. The SMILES string of the molecule is COCC(C)CC(N)c1cnccc1C. The molecular weight excluding hydrogens is 188 g/mol. The monoisotopic (exact) mass is 208 g/mol. The van der Waals surface area contributed by atoms with Gasteiger partial charge >= 0.3 is 0 Å². The molecule has 1 heterocycles. The van der Waals surface area contributed by atoms with E-state index in [9.17, 15) is 0 Å². The molecule has 0 aliphatic heterocycles. The van der Waals surface area contributed by atoms with Crippen LogP contribution in [0.2, 0.25) is 0 Å². The highest BCUT2D eigenvalue weighted by atomic mass is 16.5. The molecule has 0 saturated heterocycles. The first-order valence-corrected chi connectivity index (χ1v) is 5.30. The molecule has 0 radical (unpaired) electrons. The van der Waals surface area contributed by atoms with Gasteiger partial charge in [-0.1, -0.05) is 6.92 Å². The van der Waals surface area contributed by atoms with Crippen molar-refractivity contribution in [2.45, 2.75) is 26.3 Å². The number of hydrogen-bond acceptors (Lipinski definition) is 3. The van der Waals surface area contributed by atoms with Gasteiger partial charge in [0.1, 0.15) is 0 Å². The minimum Gasteiger partial charge on any atom is -0.384 e. The minimum atomic E-state index is 0.0591. The van der Waals surface area contributed by atoms with E-state index < -0.39 is 0 Å². The van der Waals surface area contributed by atoms with Crippen molar-refractivity contribution in [3.63, 3.8) is 0 Å². The zero-order valence-electron chi connectivity index (χ0n) is 9.73. The van der Waals surface area contributed by atoms with Gasteiger partial charge in [0, 0.05) is 32.2 Å². The zero-order valence-corrected chi connectivity index (χ0v) is 9.73. The van der Waals surface area contributed by atoms with Crippen LogP contribution in [0, 0.1) is 12.8 Å². The summed E-state index contributed by atoms with van der Waals surface area (Å²) in [4.78, 5) is 4.11. The van der Waals surface area contributed by atoms with Crippen LogP contribution in [-0.2, 0) is 4.74 Å². The Balaban J connectivity index is 2.61. The number of pyridine rings is 1. The maximum absolute atomic E-state index is 6.13. The Hall–Kier alpha value is -0.930. The van der Waals surface area contributed by atoms with Gasteiger partial charge < -0.3 is 10.5 Å². The Morgan fingerprint density at radius 2 is 2.27 bits per heavy atom. The molecule has 3 heteroatoms. The van der Waals surface area contributed by atoms with Crippen LogP contribution in [-0.4, -0.2) is 18.7 Å². The lowest BCUT2D eigenvalue weighted by molar-refractivity contribution is 0.152. The van der Waals surface area contributed by atoms with Gasteiger partial charge in [-0.3, -0.25) is 4.98 Å². The van der Waals surface area contributed by atoms with Crippen LogP contribution in [0.5, 0.6) is 0 Å². The lowest BCUT2D eigenvalue weighted by atomic mass is 9.96. The highest BCUT2D eigenvalue weighted by Gasteiger charge is 2.12. The highest BCUT2D eigenvalue weighted by molar-refractivity contribution is 5.24. The van der Waals surface area contributed by atoms with Crippen molar-refractivity contribution in [3.8, 4) is 0 Å². The Kier molecular flexibility index (Phi) is 4.72. The van der Waals surface area contributed by atoms with Gasteiger partial charge in [-0.2, -0.15) is 0 Å². The summed E-state index contributed by atoms with van der Waals surface area (Å²) in [5.74, 6) is 0.476. The minimum absolute atomic E-state index is 0.0591. The van der Waals surface area contributed by atoms with Crippen LogP contribution in [0.1, 0.15) is 30.5 Å². The summed E-state index contributed by atoms with van der Waals surface area (Å²) in [6.45, 7) is 4.97. The van der Waals surface area contributed by atoms with Gasteiger partial charge in [0.15, 0.2) is 0 Å². The Bertz CT molecular complexity index is 301. The second-order valence-electron chi connectivity index (χ2n) is 4.13. The third-order valence-corrected chi connectivity index (χ3v) is 2.59. The Labute approximate surface area is 91.7 Å². The third-order valence-electron chi connectivity index (χ3n) is 2.59. The summed E-state index contributed by atoms with van der Waals surface area (Å²) in [7, 11) is 1.72. The van der Waals surface area contributed by atoms with Gasteiger partial charge in [-0.15, -0.1) is 0 Å². The van der Waals surface area contributed by atoms with E-state index in [1.807, 2.05) is 12.3 Å². The molecular formula is C12H20N2O. The Morgan fingerprint density at radius 1 is 1.53 bits per heavy atom. The van der Waals surface area contributed by atoms with Crippen LogP contribution in [0.4, 0.5) is 0 Å². The van der Waals surface area contributed by atoms with E-state index in [-0.39, 0.29) is 6.04 Å². The zero-order chi connectivity index (χ0) is 11.3. The van der Waals surface area contributed by atoms with Crippen LogP contribution in [0.25, 0.3) is 0 Å². The number of hydrogen-bond donors (Lipinski definition) is 1. The molecule has 0 amide bonds. The molecule has 0 aliphatic carbocycles. The molecule has 3 nitrogen and oxygen atoms in total. The number of methoxy groups -OCH3 is 1. The summed E-state index contributed by atoms with van der Waals surface area (Å²) in [5, 5.41) is 0. The first kappa shape index (κ1) is 12.1. The van der Waals surface area contributed by atoms with Gasteiger partial charge in [-0.25, -0.2) is 0 Å². The fourth-order valence-corrected chi connectivity index (χ4v) is 1.78. The molecule has 1 aromatic rings. The standard InChI is InChI=1S/C12H20N2O/c1-9(8-15-3)6-12(13)11-7-14-5-4-10(11)2/h4-5,7,9,12H,6,8,13H2,1-3H3. The number of aryl methyl sites for hydroxylation is 1. The number of aromatic nitrogens is 1. The van der Waals surface area contributed by atoms with Crippen molar-refractivity contribution in [1.82, 2.24) is 4.98 Å². The molecule has 84 valence electrons. The predicted molar refractivity (Wildman–Crippen MR) is 61.6 cm³/mol. The molecule has 0 aromatic carbocycles. The fraction of sp³-hybridized carbons (Fsp3) is 0.583. The lowest BCUT2D eigenvalue weighted by Gasteiger charge is -2.18. The van der Waals surface area contributed by atoms with Crippen molar-refractivity contribution < 1.29 is 4.74 Å². The summed E-state index contributed by atoms with van der Waals surface area (Å²) in [6, 6.07) is 2.06. The maximum Gasteiger partial charge on any atom is 0.0488 e. The van der Waals surface area contributed by atoms with Gasteiger partial charge in [0.25, 0.3) is 0 Å². The van der Waals surface area contributed by atoms with E-state index in [2.05, 4.69) is 18.8 Å². The van der Waals surface area contributed by atoms with Gasteiger partial charge in [-0.05, 0) is 36.5 Å². The second kappa shape index (κ2) is 5.83. The van der Waals surface area contributed by atoms with E-state index in [1.54, 1.807) is 13.3 Å². The van der Waals surface area contributed by atoms with Gasteiger partial charge in [0.05, 0.1) is 0 Å². The van der Waals surface area contributed by atoms with Crippen LogP contribution in [0.15, 0.2) is 18.5 Å². The van der Waals surface area contributed by atoms with Crippen molar-refractivity contribution in [2.75, 3.05) is 13.7 Å². The second-order valence-corrected chi connectivity index (χ2v) is 4.13. The largest absolute Gasteiger partial charge is 0.384 e. The highest BCUT2D eigenvalue weighted by Crippen LogP contribution is 2.20. The van der Waals surface area contributed by atoms with Crippen LogP contribution < -0.4 is 5.73 Å². The van der Waals surface area contributed by atoms with E-state index in [4.69, 9.17) is 10.5 Å². The molecule has 0 fully saturated rings. The predicted octanol–water partition coefficient (Wildman–Crippen LogP) is 2.06. The maximum atomic E-state index is 6.13. The number of nitrogens with zero attached hydrogens (tertiary/aromatic N) is 1. The molecule has 0 aliphatic rings. The van der Waals surface area contributed by atoms with Gasteiger partial charge in [0.2, 0.25) is 0 Å². The van der Waals surface area contributed by atoms with E-state index >= 15 is 0 Å². The molecule has 1 aromatic heterocycles. The molecule has 0 saturated carbocycles. The molecule has 1 rings (SSSR count). The Morgan fingerprint density at radius 3 is 2.87 bits per heavy atom. The molecule has 0 bridgehead atoms. The molecule has 0 spiro atoms. The molecule has 15 heavy (non-hydrogen) atoms. The topological polar surface area (TPSA) is 48.1 Å². The smallest absolute Gasteiger partial charge is 0.0488 e. The summed E-state index contributed by atoms with van der Waals surface area (Å²) >= 11 is 0. The molecule has 2 atom stereocenters. The summed E-state index contributed by atoms with van der Waals surface area (Å²) in [5.41, 5.74) is 8.48. The van der Waals surface area contributed by atoms with Crippen LogP contribution >= 0.6 is 0 Å². The fourth-order valence-electron chi connectivity index (χ4n) is 1.78. The lowest BCUT2D eigenvalue weighted by Crippen LogP contribution is -2.17.